The number of likely N-dealkylation sites (tertiary alicyclic amines) is 2. The molecule has 2 aromatic heterocycles. The third-order valence-corrected chi connectivity index (χ3v) is 6.15. The fraction of sp³-hybridized carbons (Fsp3) is 0.636. The highest BCUT2D eigenvalue weighted by molar-refractivity contribution is 5.76. The molecule has 1 atom stereocenters. The molecule has 2 saturated heterocycles. The molecular weight excluding hydrogens is 364 g/mol. The van der Waals surface area contributed by atoms with Gasteiger partial charge in [0, 0.05) is 57.1 Å². The lowest BCUT2D eigenvalue weighted by molar-refractivity contribution is -0.132. The lowest BCUT2D eigenvalue weighted by Crippen LogP contribution is -2.41. The van der Waals surface area contributed by atoms with Gasteiger partial charge in [0.2, 0.25) is 5.91 Å². The maximum absolute atomic E-state index is 12.8. The number of amides is 1. The molecular formula is C22H32N6O. The first-order valence-electron chi connectivity index (χ1n) is 10.9. The largest absolute Gasteiger partial charge is 0.342 e. The van der Waals surface area contributed by atoms with Crippen molar-refractivity contribution >= 4 is 5.91 Å². The van der Waals surface area contributed by atoms with Crippen LogP contribution < -0.4 is 0 Å². The van der Waals surface area contributed by atoms with E-state index in [1.54, 1.807) is 6.20 Å². The molecule has 2 fully saturated rings. The second-order valence-corrected chi connectivity index (χ2v) is 8.45. The van der Waals surface area contributed by atoms with Crippen molar-refractivity contribution < 1.29 is 4.79 Å². The Bertz CT molecular complexity index is 842. The highest BCUT2D eigenvalue weighted by Crippen LogP contribution is 2.27. The molecule has 2 aliphatic rings. The summed E-state index contributed by atoms with van der Waals surface area (Å²) >= 11 is 0. The van der Waals surface area contributed by atoms with E-state index < -0.39 is 0 Å². The molecule has 2 aliphatic heterocycles. The summed E-state index contributed by atoms with van der Waals surface area (Å²) < 4.78 is 1.98. The van der Waals surface area contributed by atoms with Gasteiger partial charge in [-0.15, -0.1) is 0 Å². The summed E-state index contributed by atoms with van der Waals surface area (Å²) in [6.45, 7) is 6.76. The molecule has 156 valence electrons. The van der Waals surface area contributed by atoms with Crippen molar-refractivity contribution in [2.24, 2.45) is 7.05 Å². The Kier molecular flexibility index (Phi) is 6.23. The van der Waals surface area contributed by atoms with Crippen LogP contribution in [0.15, 0.2) is 18.5 Å². The minimum absolute atomic E-state index is 0.196. The van der Waals surface area contributed by atoms with Gasteiger partial charge in [-0.2, -0.15) is 0 Å². The van der Waals surface area contributed by atoms with Crippen molar-refractivity contribution in [2.45, 2.75) is 51.4 Å². The molecule has 0 N–H and O–H groups in total. The number of hydrogen-bond donors (Lipinski definition) is 0. The van der Waals surface area contributed by atoms with E-state index in [0.717, 1.165) is 68.6 Å². The predicted molar refractivity (Wildman–Crippen MR) is 112 cm³/mol. The van der Waals surface area contributed by atoms with Crippen LogP contribution in [0.5, 0.6) is 0 Å². The lowest BCUT2D eigenvalue weighted by Gasteiger charge is -2.33. The van der Waals surface area contributed by atoms with Crippen LogP contribution in [0.2, 0.25) is 0 Å². The van der Waals surface area contributed by atoms with Gasteiger partial charge in [0.1, 0.15) is 11.5 Å². The molecule has 7 heteroatoms. The molecule has 4 rings (SSSR count). The SMILES string of the molecule is Cc1cc(-c2nccn2C)nc([C@H]2CCCN(C(=O)CCN3CCCCC3)C2)n1. The van der Waals surface area contributed by atoms with Crippen molar-refractivity contribution in [3.05, 3.63) is 30.0 Å². The molecule has 7 nitrogen and oxygen atoms in total. The van der Waals surface area contributed by atoms with Crippen LogP contribution in [-0.4, -0.2) is 67.9 Å². The molecule has 0 spiro atoms. The van der Waals surface area contributed by atoms with Gasteiger partial charge in [-0.3, -0.25) is 4.79 Å². The third kappa shape index (κ3) is 4.83. The van der Waals surface area contributed by atoms with Crippen molar-refractivity contribution in [1.82, 2.24) is 29.3 Å². The van der Waals surface area contributed by atoms with Crippen LogP contribution in [0, 0.1) is 6.92 Å². The number of rotatable bonds is 5. The van der Waals surface area contributed by atoms with Gasteiger partial charge in [-0.1, -0.05) is 6.42 Å². The number of aryl methyl sites for hydroxylation is 2. The summed E-state index contributed by atoms with van der Waals surface area (Å²) in [5.74, 6) is 2.16. The van der Waals surface area contributed by atoms with Gasteiger partial charge in [0.05, 0.1) is 0 Å². The van der Waals surface area contributed by atoms with Crippen molar-refractivity contribution in [3.8, 4) is 11.5 Å². The molecule has 2 aromatic rings. The summed E-state index contributed by atoms with van der Waals surface area (Å²) in [5, 5.41) is 0. The Morgan fingerprint density at radius 2 is 1.97 bits per heavy atom. The maximum Gasteiger partial charge on any atom is 0.223 e. The first-order valence-corrected chi connectivity index (χ1v) is 10.9. The number of imidazole rings is 1. The standard InChI is InChI=1S/C22H32N6O/c1-17-15-19(22-23-9-14-26(22)2)25-21(24-17)18-7-6-12-28(16-18)20(29)8-13-27-10-4-3-5-11-27/h9,14-15,18H,3-8,10-13,16H2,1-2H3/t18-/m0/s1. The Labute approximate surface area is 173 Å². The monoisotopic (exact) mass is 396 g/mol. The van der Waals surface area contributed by atoms with Gasteiger partial charge in [-0.05, 0) is 51.8 Å². The van der Waals surface area contributed by atoms with Crippen LogP contribution in [0.1, 0.15) is 56.0 Å². The first-order chi connectivity index (χ1) is 14.1. The summed E-state index contributed by atoms with van der Waals surface area (Å²) in [7, 11) is 1.97. The molecule has 29 heavy (non-hydrogen) atoms. The zero-order valence-corrected chi connectivity index (χ0v) is 17.7. The van der Waals surface area contributed by atoms with Crippen LogP contribution in [0.25, 0.3) is 11.5 Å². The summed E-state index contributed by atoms with van der Waals surface area (Å²) in [6.07, 6.45) is 10.2. The summed E-state index contributed by atoms with van der Waals surface area (Å²) in [6, 6.07) is 1.98. The van der Waals surface area contributed by atoms with E-state index in [1.807, 2.05) is 35.7 Å². The van der Waals surface area contributed by atoms with Crippen LogP contribution in [-0.2, 0) is 11.8 Å². The molecule has 1 amide bonds. The Morgan fingerprint density at radius 1 is 1.14 bits per heavy atom. The summed E-state index contributed by atoms with van der Waals surface area (Å²) in [4.78, 5) is 31.3. The van der Waals surface area contributed by atoms with Crippen LogP contribution >= 0.6 is 0 Å². The van der Waals surface area contributed by atoms with Gasteiger partial charge < -0.3 is 14.4 Å². The molecule has 0 unspecified atom stereocenters. The average molecular weight is 397 g/mol. The molecule has 0 radical (unpaired) electrons. The zero-order valence-electron chi connectivity index (χ0n) is 17.7. The van der Waals surface area contributed by atoms with E-state index in [-0.39, 0.29) is 11.8 Å². The molecule has 0 bridgehead atoms. The predicted octanol–water partition coefficient (Wildman–Crippen LogP) is 2.77. The third-order valence-electron chi connectivity index (χ3n) is 6.15. The topological polar surface area (TPSA) is 67.2 Å². The van der Waals surface area contributed by atoms with Crippen molar-refractivity contribution in [3.63, 3.8) is 0 Å². The molecule has 0 aliphatic carbocycles. The molecule has 0 saturated carbocycles. The van der Waals surface area contributed by atoms with Crippen molar-refractivity contribution in [2.75, 3.05) is 32.7 Å². The van der Waals surface area contributed by atoms with Gasteiger partial charge in [0.25, 0.3) is 0 Å². The molecule has 4 heterocycles. The lowest BCUT2D eigenvalue weighted by atomic mass is 9.96. The highest BCUT2D eigenvalue weighted by Gasteiger charge is 2.27. The van der Waals surface area contributed by atoms with Gasteiger partial charge >= 0.3 is 0 Å². The number of nitrogens with zero attached hydrogens (tertiary/aromatic N) is 6. The van der Waals surface area contributed by atoms with E-state index in [4.69, 9.17) is 9.97 Å². The van der Waals surface area contributed by atoms with E-state index in [0.29, 0.717) is 6.42 Å². The minimum Gasteiger partial charge on any atom is -0.342 e. The smallest absolute Gasteiger partial charge is 0.223 e. The number of carbonyl (C=O) groups is 1. The van der Waals surface area contributed by atoms with Crippen LogP contribution in [0.4, 0.5) is 0 Å². The second-order valence-electron chi connectivity index (χ2n) is 8.45. The van der Waals surface area contributed by atoms with E-state index in [9.17, 15) is 4.79 Å². The second kappa shape index (κ2) is 9.03. The molecule has 0 aromatic carbocycles. The highest BCUT2D eigenvalue weighted by atomic mass is 16.2. The van der Waals surface area contributed by atoms with E-state index in [2.05, 4.69) is 9.88 Å². The maximum atomic E-state index is 12.8. The van der Waals surface area contributed by atoms with Gasteiger partial charge in [0.15, 0.2) is 5.82 Å². The van der Waals surface area contributed by atoms with Crippen LogP contribution in [0.3, 0.4) is 0 Å². The number of piperidine rings is 2. The fourth-order valence-electron chi connectivity index (χ4n) is 4.51. The Balaban J connectivity index is 1.42. The minimum atomic E-state index is 0.196. The zero-order chi connectivity index (χ0) is 20.2. The number of aromatic nitrogens is 4. The Morgan fingerprint density at radius 3 is 2.72 bits per heavy atom. The van der Waals surface area contributed by atoms with E-state index in [1.165, 1.54) is 19.3 Å². The quantitative estimate of drug-likeness (QED) is 0.777. The Hall–Kier alpha value is -2.28. The van der Waals surface area contributed by atoms with Gasteiger partial charge in [-0.25, -0.2) is 15.0 Å². The average Bonchev–Trinajstić information content (AvgIpc) is 3.18. The number of hydrogen-bond acceptors (Lipinski definition) is 5. The van der Waals surface area contributed by atoms with E-state index >= 15 is 0 Å². The summed E-state index contributed by atoms with van der Waals surface area (Å²) in [5.41, 5.74) is 1.80. The van der Waals surface area contributed by atoms with Crippen molar-refractivity contribution in [1.29, 1.82) is 0 Å². The normalized spacial score (nSPS) is 20.8. The first kappa shape index (κ1) is 20.0. The fourth-order valence-corrected chi connectivity index (χ4v) is 4.51. The number of carbonyl (C=O) groups excluding carboxylic acids is 1.